The predicted molar refractivity (Wildman–Crippen MR) is 165 cm³/mol. The lowest BCUT2D eigenvalue weighted by atomic mass is 9.79. The SMILES string of the molecule is Nc1ccccc1.O.O=C(Nc1ccccc1)c1ccc2c(c1)B(O)OC2.O=C(O)c1ccc2c(c1)B(O)OC2.P. The molecule has 0 spiro atoms. The van der Waals surface area contributed by atoms with Crippen LogP contribution in [0.1, 0.15) is 31.8 Å². The molecule has 10 nitrogen and oxygen atoms in total. The number of hydrogen-bond acceptors (Lipinski definition) is 7. The first-order valence-corrected chi connectivity index (χ1v) is 12.1. The van der Waals surface area contributed by atoms with E-state index in [2.05, 4.69) is 5.32 Å². The predicted octanol–water partition coefficient (Wildman–Crippen LogP) is 1.26. The molecule has 0 aliphatic carbocycles. The molecule has 1 atom stereocenters. The number of fused-ring (bicyclic) bond motifs is 2. The van der Waals surface area contributed by atoms with Crippen LogP contribution in [0.3, 0.4) is 0 Å². The average Bonchev–Trinajstić information content (AvgIpc) is 3.52. The highest BCUT2D eigenvalue weighted by Crippen LogP contribution is 2.14. The largest absolute Gasteiger partial charge is 0.491 e. The lowest BCUT2D eigenvalue weighted by Crippen LogP contribution is -2.29. The number of rotatable bonds is 3. The summed E-state index contributed by atoms with van der Waals surface area (Å²) < 4.78 is 10.0. The van der Waals surface area contributed by atoms with Crippen LogP contribution < -0.4 is 22.0 Å². The highest BCUT2D eigenvalue weighted by Gasteiger charge is 2.28. The summed E-state index contributed by atoms with van der Waals surface area (Å²) in [5.74, 6) is -1.20. The number of nitrogens with two attached hydrogens (primary N) is 1. The first-order valence-electron chi connectivity index (χ1n) is 12.1. The first-order chi connectivity index (χ1) is 18.8. The third-order valence-electron chi connectivity index (χ3n) is 5.96. The summed E-state index contributed by atoms with van der Waals surface area (Å²) in [4.78, 5) is 22.7. The number of aromatic carboxylic acids is 1. The Labute approximate surface area is 241 Å². The molecule has 1 unspecified atom stereocenters. The number of para-hydroxylation sites is 2. The molecule has 1 amide bonds. The zero-order valence-corrected chi connectivity index (χ0v) is 23.5. The van der Waals surface area contributed by atoms with Crippen molar-refractivity contribution in [2.75, 3.05) is 11.1 Å². The molecule has 0 fully saturated rings. The average molecular weight is 576 g/mol. The molecular weight excluding hydrogens is 545 g/mol. The third kappa shape index (κ3) is 8.99. The molecule has 6 rings (SSSR count). The highest BCUT2D eigenvalue weighted by molar-refractivity contribution is 6.92. The Morgan fingerprint density at radius 1 is 0.732 bits per heavy atom. The molecule has 0 bridgehead atoms. The molecule has 2 heterocycles. The molecule has 41 heavy (non-hydrogen) atoms. The number of carboxylic acids is 1. The summed E-state index contributed by atoms with van der Waals surface area (Å²) in [5, 5.41) is 30.4. The van der Waals surface area contributed by atoms with Crippen LogP contribution in [0.15, 0.2) is 97.1 Å². The Kier molecular flexibility index (Phi) is 12.7. The Morgan fingerprint density at radius 3 is 1.66 bits per heavy atom. The molecule has 4 aromatic rings. The van der Waals surface area contributed by atoms with Gasteiger partial charge in [0.2, 0.25) is 0 Å². The van der Waals surface area contributed by atoms with Gasteiger partial charge in [0.25, 0.3) is 5.91 Å². The molecule has 0 aromatic heterocycles. The van der Waals surface area contributed by atoms with Crippen molar-refractivity contribution in [1.29, 1.82) is 0 Å². The van der Waals surface area contributed by atoms with Crippen LogP contribution in [-0.4, -0.2) is 46.7 Å². The minimum Gasteiger partial charge on any atom is -0.478 e. The van der Waals surface area contributed by atoms with Gasteiger partial charge in [0, 0.05) is 16.9 Å². The topological polar surface area (TPSA) is 183 Å². The molecular formula is C28H31B2N2O8P. The Morgan fingerprint density at radius 2 is 1.20 bits per heavy atom. The van der Waals surface area contributed by atoms with Crippen molar-refractivity contribution < 1.29 is 39.5 Å². The monoisotopic (exact) mass is 576 g/mol. The van der Waals surface area contributed by atoms with Crippen molar-refractivity contribution in [3.8, 4) is 0 Å². The summed E-state index contributed by atoms with van der Waals surface area (Å²) in [6, 6.07) is 28.6. The van der Waals surface area contributed by atoms with E-state index in [9.17, 15) is 19.6 Å². The second kappa shape index (κ2) is 15.7. The maximum atomic E-state index is 12.1. The van der Waals surface area contributed by atoms with Crippen molar-refractivity contribution >= 4 is 58.3 Å². The van der Waals surface area contributed by atoms with Gasteiger partial charge in [-0.15, -0.1) is 0 Å². The van der Waals surface area contributed by atoms with E-state index in [1.165, 1.54) is 12.1 Å². The Hall–Kier alpha value is -4.02. The molecule has 212 valence electrons. The van der Waals surface area contributed by atoms with Crippen molar-refractivity contribution in [3.63, 3.8) is 0 Å². The first kappa shape index (κ1) is 33.2. The number of carboxylic acid groups (broad SMARTS) is 1. The molecule has 0 saturated heterocycles. The van der Waals surface area contributed by atoms with Crippen LogP contribution in [0.25, 0.3) is 0 Å². The van der Waals surface area contributed by atoms with E-state index in [0.29, 0.717) is 29.7 Å². The van der Waals surface area contributed by atoms with Gasteiger partial charge in [0.05, 0.1) is 18.8 Å². The van der Waals surface area contributed by atoms with Gasteiger partial charge in [-0.3, -0.25) is 4.79 Å². The number of hydrogen-bond donors (Lipinski definition) is 5. The van der Waals surface area contributed by atoms with Crippen molar-refractivity contribution in [3.05, 3.63) is 119 Å². The van der Waals surface area contributed by atoms with Crippen molar-refractivity contribution in [1.82, 2.24) is 0 Å². The van der Waals surface area contributed by atoms with E-state index in [4.69, 9.17) is 20.1 Å². The van der Waals surface area contributed by atoms with Gasteiger partial charge in [0.1, 0.15) is 0 Å². The fourth-order valence-corrected chi connectivity index (χ4v) is 3.88. The normalized spacial score (nSPS) is 12.1. The maximum Gasteiger partial charge on any atom is 0.491 e. The van der Waals surface area contributed by atoms with E-state index in [1.54, 1.807) is 18.2 Å². The van der Waals surface area contributed by atoms with Gasteiger partial charge in [-0.25, -0.2) is 4.79 Å². The fraction of sp³-hybridized carbons (Fsp3) is 0.0714. The number of amides is 1. The van der Waals surface area contributed by atoms with Gasteiger partial charge in [-0.2, -0.15) is 9.90 Å². The van der Waals surface area contributed by atoms with Crippen molar-refractivity contribution in [2.45, 2.75) is 13.2 Å². The van der Waals surface area contributed by atoms with Crippen LogP contribution in [0.5, 0.6) is 0 Å². The van der Waals surface area contributed by atoms with Crippen LogP contribution in [0.4, 0.5) is 11.4 Å². The quantitative estimate of drug-likeness (QED) is 0.137. The van der Waals surface area contributed by atoms with Crippen LogP contribution >= 0.6 is 9.90 Å². The molecule has 8 N–H and O–H groups in total. The number of anilines is 2. The maximum absolute atomic E-state index is 12.1. The number of carbonyl (C=O) groups excluding carboxylic acids is 1. The van der Waals surface area contributed by atoms with Gasteiger partial charge in [0.15, 0.2) is 0 Å². The molecule has 2 aliphatic rings. The number of carbonyl (C=O) groups is 2. The Balaban J connectivity index is 0.000000232. The van der Waals surface area contributed by atoms with E-state index in [1.807, 2.05) is 66.7 Å². The van der Waals surface area contributed by atoms with Crippen LogP contribution in [-0.2, 0) is 22.5 Å². The summed E-state index contributed by atoms with van der Waals surface area (Å²) in [5.41, 5.74) is 10.6. The van der Waals surface area contributed by atoms with Gasteiger partial charge in [-0.05, 0) is 70.6 Å². The third-order valence-corrected chi connectivity index (χ3v) is 5.96. The summed E-state index contributed by atoms with van der Waals surface area (Å²) in [7, 11) is -1.91. The summed E-state index contributed by atoms with van der Waals surface area (Å²) in [6.45, 7) is 0.730. The standard InChI is InChI=1S/C14H12BNO3.C8H7BO4.C6H7N.H2O.H3P/c17-14(16-12-4-2-1-3-5-12)10-6-7-11-9-19-15(18)13(11)8-10;10-8(11)5-1-2-6-4-13-9(12)7(6)3-5;7-6-4-2-1-3-5-6;;/h1-8,18H,9H2,(H,16,17);1-3,12H,4H2,(H,10,11);1-5H,7H2;1H2;1H3. The lowest BCUT2D eigenvalue weighted by molar-refractivity contribution is 0.0696. The smallest absolute Gasteiger partial charge is 0.478 e. The number of nitrogens with one attached hydrogen (secondary N) is 1. The summed E-state index contributed by atoms with van der Waals surface area (Å²) in [6.07, 6.45) is 0. The molecule has 0 saturated carbocycles. The second-order valence-electron chi connectivity index (χ2n) is 8.69. The van der Waals surface area contributed by atoms with Gasteiger partial charge in [-0.1, -0.05) is 48.5 Å². The van der Waals surface area contributed by atoms with E-state index in [0.717, 1.165) is 22.5 Å². The van der Waals surface area contributed by atoms with Gasteiger partial charge < -0.3 is 41.0 Å². The summed E-state index contributed by atoms with van der Waals surface area (Å²) >= 11 is 0. The van der Waals surface area contributed by atoms with Crippen molar-refractivity contribution in [2.24, 2.45) is 0 Å². The molecule has 4 aromatic carbocycles. The van der Waals surface area contributed by atoms with Crippen LogP contribution in [0, 0.1) is 0 Å². The van der Waals surface area contributed by atoms with Crippen LogP contribution in [0.2, 0.25) is 0 Å². The van der Waals surface area contributed by atoms with E-state index < -0.39 is 20.2 Å². The molecule has 0 radical (unpaired) electrons. The molecule has 13 heteroatoms. The number of benzene rings is 4. The van der Waals surface area contributed by atoms with E-state index >= 15 is 0 Å². The molecule has 2 aliphatic heterocycles. The lowest BCUT2D eigenvalue weighted by Gasteiger charge is -2.06. The zero-order chi connectivity index (χ0) is 27.8. The minimum absolute atomic E-state index is 0. The number of nitrogen functional groups attached to an aromatic ring is 1. The second-order valence-corrected chi connectivity index (χ2v) is 8.69. The van der Waals surface area contributed by atoms with Gasteiger partial charge >= 0.3 is 20.2 Å². The fourth-order valence-electron chi connectivity index (χ4n) is 3.88. The zero-order valence-electron chi connectivity index (χ0n) is 22.1. The van der Waals surface area contributed by atoms with E-state index in [-0.39, 0.29) is 26.8 Å². The highest BCUT2D eigenvalue weighted by atomic mass is 31.0. The Bertz CT molecular complexity index is 1450. The minimum atomic E-state index is -0.998.